The van der Waals surface area contributed by atoms with E-state index in [1.54, 1.807) is 18.4 Å². The van der Waals surface area contributed by atoms with Crippen molar-refractivity contribution in [3.63, 3.8) is 0 Å². The Kier molecular flexibility index (Phi) is 6.36. The highest BCUT2D eigenvalue weighted by Crippen LogP contribution is 2.37. The fourth-order valence-corrected chi connectivity index (χ4v) is 2.90. The second kappa shape index (κ2) is 8.27. The van der Waals surface area contributed by atoms with Crippen molar-refractivity contribution in [2.45, 2.75) is 26.5 Å². The molecule has 0 amide bonds. The molecule has 1 aromatic heterocycles. The predicted molar refractivity (Wildman–Crippen MR) is 88.7 cm³/mol. The van der Waals surface area contributed by atoms with Gasteiger partial charge in [-0.25, -0.2) is 0 Å². The molecule has 1 heterocycles. The van der Waals surface area contributed by atoms with Crippen LogP contribution < -0.4 is 14.8 Å². The molecule has 0 fully saturated rings. The van der Waals surface area contributed by atoms with E-state index < -0.39 is 0 Å². The standard InChI is InChI=1S/C16H20ClNO2S/c1-3-5-18-9-13-7-14(17)16(15(8-13)19-2)20-10-12-4-6-21-11-12/h4,6-8,11,18H,3,5,9-10H2,1-2H3. The summed E-state index contributed by atoms with van der Waals surface area (Å²) in [6.07, 6.45) is 1.10. The highest BCUT2D eigenvalue weighted by atomic mass is 35.5. The molecule has 3 nitrogen and oxygen atoms in total. The highest BCUT2D eigenvalue weighted by Gasteiger charge is 2.12. The number of halogens is 1. The lowest BCUT2D eigenvalue weighted by Crippen LogP contribution is -2.13. The number of ether oxygens (including phenoxy) is 2. The molecule has 0 atom stereocenters. The minimum atomic E-state index is 0.493. The Morgan fingerprint density at radius 3 is 2.81 bits per heavy atom. The molecule has 0 unspecified atom stereocenters. The fourth-order valence-electron chi connectivity index (χ4n) is 1.96. The van der Waals surface area contributed by atoms with E-state index in [0.29, 0.717) is 23.1 Å². The van der Waals surface area contributed by atoms with Gasteiger partial charge >= 0.3 is 0 Å². The Hall–Kier alpha value is -1.23. The van der Waals surface area contributed by atoms with Crippen molar-refractivity contribution >= 4 is 22.9 Å². The molecule has 0 saturated carbocycles. The molecule has 0 spiro atoms. The summed E-state index contributed by atoms with van der Waals surface area (Å²) < 4.78 is 11.2. The first-order chi connectivity index (χ1) is 10.2. The lowest BCUT2D eigenvalue weighted by molar-refractivity contribution is 0.285. The fraction of sp³-hybridized carbons (Fsp3) is 0.375. The molecule has 2 rings (SSSR count). The van der Waals surface area contributed by atoms with Gasteiger partial charge in [0.2, 0.25) is 0 Å². The maximum atomic E-state index is 6.34. The van der Waals surface area contributed by atoms with Crippen LogP contribution in [0.25, 0.3) is 0 Å². The Bertz CT molecular complexity index is 558. The maximum Gasteiger partial charge on any atom is 0.180 e. The van der Waals surface area contributed by atoms with Crippen LogP contribution in [0.1, 0.15) is 24.5 Å². The van der Waals surface area contributed by atoms with Crippen LogP contribution in [0, 0.1) is 0 Å². The molecule has 0 radical (unpaired) electrons. The largest absolute Gasteiger partial charge is 0.493 e. The van der Waals surface area contributed by atoms with Gasteiger partial charge in [-0.15, -0.1) is 0 Å². The normalized spacial score (nSPS) is 10.6. The van der Waals surface area contributed by atoms with E-state index in [1.807, 2.05) is 23.6 Å². The quantitative estimate of drug-likeness (QED) is 0.725. The van der Waals surface area contributed by atoms with Gasteiger partial charge in [0.15, 0.2) is 11.5 Å². The summed E-state index contributed by atoms with van der Waals surface area (Å²) in [5, 5.41) is 8.02. The van der Waals surface area contributed by atoms with Gasteiger partial charge in [-0.05, 0) is 53.1 Å². The summed E-state index contributed by atoms with van der Waals surface area (Å²) in [5.41, 5.74) is 2.22. The molecule has 1 aromatic carbocycles. The van der Waals surface area contributed by atoms with Crippen molar-refractivity contribution in [3.05, 3.63) is 45.1 Å². The third-order valence-electron chi connectivity index (χ3n) is 3.01. The van der Waals surface area contributed by atoms with Gasteiger partial charge in [0.25, 0.3) is 0 Å². The van der Waals surface area contributed by atoms with E-state index in [0.717, 1.165) is 30.6 Å². The second-order valence-corrected chi connectivity index (χ2v) is 5.89. The van der Waals surface area contributed by atoms with Gasteiger partial charge < -0.3 is 14.8 Å². The van der Waals surface area contributed by atoms with Crippen LogP contribution in [0.2, 0.25) is 5.02 Å². The first-order valence-electron chi connectivity index (χ1n) is 6.95. The molecule has 0 aliphatic heterocycles. The van der Waals surface area contributed by atoms with Crippen molar-refractivity contribution in [2.75, 3.05) is 13.7 Å². The number of nitrogens with one attached hydrogen (secondary N) is 1. The summed E-state index contributed by atoms with van der Waals surface area (Å²) in [7, 11) is 1.63. The average molecular weight is 326 g/mol. The van der Waals surface area contributed by atoms with Crippen LogP contribution in [0.4, 0.5) is 0 Å². The van der Waals surface area contributed by atoms with E-state index in [-0.39, 0.29) is 0 Å². The number of methoxy groups -OCH3 is 1. The van der Waals surface area contributed by atoms with E-state index in [4.69, 9.17) is 21.1 Å². The molecule has 2 aromatic rings. The smallest absolute Gasteiger partial charge is 0.180 e. The zero-order chi connectivity index (χ0) is 15.1. The second-order valence-electron chi connectivity index (χ2n) is 4.71. The van der Waals surface area contributed by atoms with Crippen molar-refractivity contribution < 1.29 is 9.47 Å². The monoisotopic (exact) mass is 325 g/mol. The summed E-state index contributed by atoms with van der Waals surface area (Å²) in [6, 6.07) is 5.93. The first kappa shape index (κ1) is 16.1. The molecule has 21 heavy (non-hydrogen) atoms. The average Bonchev–Trinajstić information content (AvgIpc) is 2.99. The van der Waals surface area contributed by atoms with E-state index >= 15 is 0 Å². The topological polar surface area (TPSA) is 30.5 Å². The number of benzene rings is 1. The third kappa shape index (κ3) is 4.63. The third-order valence-corrected chi connectivity index (χ3v) is 4.02. The molecule has 0 aliphatic carbocycles. The van der Waals surface area contributed by atoms with Crippen LogP contribution in [0.5, 0.6) is 11.5 Å². The van der Waals surface area contributed by atoms with Gasteiger partial charge in [0, 0.05) is 6.54 Å². The van der Waals surface area contributed by atoms with Crippen molar-refractivity contribution in [1.29, 1.82) is 0 Å². The minimum absolute atomic E-state index is 0.493. The van der Waals surface area contributed by atoms with Crippen LogP contribution in [-0.4, -0.2) is 13.7 Å². The van der Waals surface area contributed by atoms with E-state index in [2.05, 4.69) is 17.6 Å². The van der Waals surface area contributed by atoms with Gasteiger partial charge in [0.1, 0.15) is 6.61 Å². The Morgan fingerprint density at radius 2 is 2.14 bits per heavy atom. The van der Waals surface area contributed by atoms with Crippen LogP contribution in [-0.2, 0) is 13.2 Å². The summed E-state index contributed by atoms with van der Waals surface area (Å²) >= 11 is 7.99. The molecule has 114 valence electrons. The molecule has 5 heteroatoms. The Morgan fingerprint density at radius 1 is 1.29 bits per heavy atom. The van der Waals surface area contributed by atoms with E-state index in [9.17, 15) is 0 Å². The number of hydrogen-bond donors (Lipinski definition) is 1. The lowest BCUT2D eigenvalue weighted by Gasteiger charge is -2.14. The molecular weight excluding hydrogens is 306 g/mol. The van der Waals surface area contributed by atoms with Crippen LogP contribution in [0.15, 0.2) is 29.0 Å². The summed E-state index contributed by atoms with van der Waals surface area (Å²) in [4.78, 5) is 0. The Balaban J connectivity index is 2.09. The Labute approximate surface area is 134 Å². The number of thiophene rings is 1. The van der Waals surface area contributed by atoms with Gasteiger partial charge in [-0.3, -0.25) is 0 Å². The van der Waals surface area contributed by atoms with Crippen LogP contribution in [0.3, 0.4) is 0 Å². The van der Waals surface area contributed by atoms with Crippen LogP contribution >= 0.6 is 22.9 Å². The minimum Gasteiger partial charge on any atom is -0.493 e. The van der Waals surface area contributed by atoms with Gasteiger partial charge in [-0.2, -0.15) is 11.3 Å². The maximum absolute atomic E-state index is 6.34. The SMILES string of the molecule is CCCNCc1cc(Cl)c(OCc2ccsc2)c(OC)c1. The lowest BCUT2D eigenvalue weighted by atomic mass is 10.2. The van der Waals surface area contributed by atoms with Crippen molar-refractivity contribution in [3.8, 4) is 11.5 Å². The molecular formula is C16H20ClNO2S. The first-order valence-corrected chi connectivity index (χ1v) is 8.27. The van der Waals surface area contributed by atoms with Gasteiger partial charge in [-0.1, -0.05) is 18.5 Å². The number of hydrogen-bond acceptors (Lipinski definition) is 4. The molecule has 0 saturated heterocycles. The zero-order valence-electron chi connectivity index (χ0n) is 12.3. The van der Waals surface area contributed by atoms with E-state index in [1.165, 1.54) is 0 Å². The molecule has 0 aliphatic rings. The van der Waals surface area contributed by atoms with Crippen molar-refractivity contribution in [2.24, 2.45) is 0 Å². The zero-order valence-corrected chi connectivity index (χ0v) is 13.9. The molecule has 0 bridgehead atoms. The number of rotatable bonds is 8. The van der Waals surface area contributed by atoms with Gasteiger partial charge in [0.05, 0.1) is 12.1 Å². The summed E-state index contributed by atoms with van der Waals surface area (Å²) in [6.45, 7) is 4.39. The van der Waals surface area contributed by atoms with Crippen molar-refractivity contribution in [1.82, 2.24) is 5.32 Å². The predicted octanol–water partition coefficient (Wildman–Crippen LogP) is 4.49. The molecule has 1 N–H and O–H groups in total. The highest BCUT2D eigenvalue weighted by molar-refractivity contribution is 7.07. The summed E-state index contributed by atoms with van der Waals surface area (Å²) in [5.74, 6) is 1.27.